The summed E-state index contributed by atoms with van der Waals surface area (Å²) in [6, 6.07) is 18.5. The SMILES string of the molecule is CCCCCCCCc1ccc(N=Nc2ccc(NNc3ccc(N4CCCC4)cc3)c(F)c2F)cc1. The summed E-state index contributed by atoms with van der Waals surface area (Å²) in [4.78, 5) is 2.34. The molecule has 1 aliphatic rings. The number of unbranched alkanes of at least 4 members (excludes halogenated alkanes) is 5. The van der Waals surface area contributed by atoms with Crippen molar-refractivity contribution < 1.29 is 8.78 Å². The molecule has 3 aromatic rings. The second-order valence-corrected chi connectivity index (χ2v) is 9.64. The number of rotatable bonds is 13. The molecule has 0 atom stereocenters. The summed E-state index contributed by atoms with van der Waals surface area (Å²) in [6.45, 7) is 4.37. The van der Waals surface area contributed by atoms with Crippen molar-refractivity contribution in [2.24, 2.45) is 10.2 Å². The molecular formula is C30H37F2N5. The van der Waals surface area contributed by atoms with Crippen LogP contribution < -0.4 is 15.8 Å². The molecule has 1 heterocycles. The summed E-state index contributed by atoms with van der Waals surface area (Å²) in [6.07, 6.45) is 11.1. The molecule has 2 N–H and O–H groups in total. The highest BCUT2D eigenvalue weighted by atomic mass is 19.2. The Morgan fingerprint density at radius 3 is 2.16 bits per heavy atom. The summed E-state index contributed by atoms with van der Waals surface area (Å²) in [7, 11) is 0. The molecule has 5 nitrogen and oxygen atoms in total. The predicted octanol–water partition coefficient (Wildman–Crippen LogP) is 9.32. The second kappa shape index (κ2) is 13.7. The molecule has 0 aromatic heterocycles. The van der Waals surface area contributed by atoms with Crippen LogP contribution in [0.25, 0.3) is 0 Å². The van der Waals surface area contributed by atoms with E-state index in [0.29, 0.717) is 5.69 Å². The van der Waals surface area contributed by atoms with Gasteiger partial charge in [-0.3, -0.25) is 5.43 Å². The van der Waals surface area contributed by atoms with Crippen molar-refractivity contribution >= 4 is 28.4 Å². The molecule has 0 saturated carbocycles. The van der Waals surface area contributed by atoms with Gasteiger partial charge in [-0.2, -0.15) is 5.11 Å². The van der Waals surface area contributed by atoms with Gasteiger partial charge in [-0.15, -0.1) is 5.11 Å². The van der Waals surface area contributed by atoms with Crippen LogP contribution in [0.5, 0.6) is 0 Å². The van der Waals surface area contributed by atoms with Crippen molar-refractivity contribution in [3.05, 3.63) is 77.9 Å². The molecular weight excluding hydrogens is 468 g/mol. The van der Waals surface area contributed by atoms with E-state index in [1.54, 1.807) is 0 Å². The third kappa shape index (κ3) is 7.75. The van der Waals surface area contributed by atoms with E-state index in [2.05, 4.69) is 32.9 Å². The van der Waals surface area contributed by atoms with Gasteiger partial charge in [-0.1, -0.05) is 51.2 Å². The molecule has 7 heteroatoms. The molecule has 0 amide bonds. The molecule has 4 rings (SSSR count). The summed E-state index contributed by atoms with van der Waals surface area (Å²) in [5.74, 6) is -2.05. The van der Waals surface area contributed by atoms with Crippen LogP contribution >= 0.6 is 0 Å². The zero-order valence-corrected chi connectivity index (χ0v) is 21.6. The first-order chi connectivity index (χ1) is 18.1. The highest BCUT2D eigenvalue weighted by molar-refractivity contribution is 5.60. The van der Waals surface area contributed by atoms with Crippen LogP contribution in [0.3, 0.4) is 0 Å². The smallest absolute Gasteiger partial charge is 0.188 e. The lowest BCUT2D eigenvalue weighted by Gasteiger charge is -2.18. The molecule has 0 radical (unpaired) electrons. The van der Waals surface area contributed by atoms with Crippen LogP contribution in [0.4, 0.5) is 37.2 Å². The maximum atomic E-state index is 14.6. The zero-order valence-electron chi connectivity index (χ0n) is 21.6. The van der Waals surface area contributed by atoms with Crippen LogP contribution in [-0.4, -0.2) is 13.1 Å². The lowest BCUT2D eigenvalue weighted by Crippen LogP contribution is -2.17. The number of halogens is 2. The van der Waals surface area contributed by atoms with Gasteiger partial charge < -0.3 is 10.3 Å². The Morgan fingerprint density at radius 2 is 1.43 bits per heavy atom. The normalized spacial score (nSPS) is 13.4. The summed E-state index contributed by atoms with van der Waals surface area (Å²) in [5, 5.41) is 8.03. The van der Waals surface area contributed by atoms with Crippen molar-refractivity contribution in [1.29, 1.82) is 0 Å². The molecule has 0 aliphatic carbocycles. The fourth-order valence-corrected chi connectivity index (χ4v) is 4.53. The van der Waals surface area contributed by atoms with Gasteiger partial charge in [-0.05, 0) is 79.8 Å². The highest BCUT2D eigenvalue weighted by Gasteiger charge is 2.14. The molecule has 3 aromatic carbocycles. The number of azo groups is 1. The van der Waals surface area contributed by atoms with Gasteiger partial charge in [0.25, 0.3) is 0 Å². The van der Waals surface area contributed by atoms with Gasteiger partial charge in [0, 0.05) is 18.8 Å². The van der Waals surface area contributed by atoms with Gasteiger partial charge in [0.15, 0.2) is 11.6 Å². The molecule has 1 saturated heterocycles. The van der Waals surface area contributed by atoms with Crippen molar-refractivity contribution in [3.8, 4) is 0 Å². The van der Waals surface area contributed by atoms with Crippen molar-refractivity contribution in [1.82, 2.24) is 0 Å². The quantitative estimate of drug-likeness (QED) is 0.138. The third-order valence-corrected chi connectivity index (χ3v) is 6.77. The second-order valence-electron chi connectivity index (χ2n) is 9.64. The molecule has 0 bridgehead atoms. The average molecular weight is 506 g/mol. The minimum absolute atomic E-state index is 0.000818. The number of hydrazine groups is 1. The topological polar surface area (TPSA) is 52.0 Å². The lowest BCUT2D eigenvalue weighted by molar-refractivity contribution is 0.512. The lowest BCUT2D eigenvalue weighted by atomic mass is 10.0. The summed E-state index contributed by atoms with van der Waals surface area (Å²) < 4.78 is 29.3. The van der Waals surface area contributed by atoms with Crippen LogP contribution in [-0.2, 0) is 6.42 Å². The van der Waals surface area contributed by atoms with Gasteiger partial charge >= 0.3 is 0 Å². The largest absolute Gasteiger partial charge is 0.372 e. The van der Waals surface area contributed by atoms with Crippen molar-refractivity contribution in [2.75, 3.05) is 28.8 Å². The van der Waals surface area contributed by atoms with Gasteiger partial charge in [0.2, 0.25) is 0 Å². The predicted molar refractivity (Wildman–Crippen MR) is 149 cm³/mol. The standard InChI is InChI=1S/C30H37F2N5/c1-2-3-4-5-6-7-10-23-11-13-24(14-12-23)33-35-27-19-20-28(30(32)29(27)31)36-34-25-15-17-26(18-16-25)37-21-8-9-22-37/h11-20,34,36H,2-10,21-22H2,1H3. The van der Waals surface area contributed by atoms with E-state index < -0.39 is 11.6 Å². The van der Waals surface area contributed by atoms with E-state index in [0.717, 1.165) is 25.2 Å². The summed E-state index contributed by atoms with van der Waals surface area (Å²) in [5.41, 5.74) is 9.31. The Balaban J connectivity index is 1.28. The molecule has 1 aliphatic heterocycles. The Morgan fingerprint density at radius 1 is 0.730 bits per heavy atom. The minimum Gasteiger partial charge on any atom is -0.372 e. The maximum absolute atomic E-state index is 14.6. The number of nitrogens with one attached hydrogen (secondary N) is 2. The van der Waals surface area contributed by atoms with E-state index in [1.807, 2.05) is 48.5 Å². The van der Waals surface area contributed by atoms with E-state index in [4.69, 9.17) is 0 Å². The number of aryl methyl sites for hydroxylation is 1. The van der Waals surface area contributed by atoms with E-state index in [1.165, 1.54) is 74.8 Å². The third-order valence-electron chi connectivity index (χ3n) is 6.77. The van der Waals surface area contributed by atoms with Gasteiger partial charge in [0.05, 0.1) is 17.1 Å². The Labute approximate surface area is 219 Å². The molecule has 0 spiro atoms. The maximum Gasteiger partial charge on any atom is 0.188 e. The first-order valence-electron chi connectivity index (χ1n) is 13.5. The minimum atomic E-state index is -1.04. The van der Waals surface area contributed by atoms with E-state index >= 15 is 0 Å². The molecule has 0 unspecified atom stereocenters. The zero-order chi connectivity index (χ0) is 25.9. The average Bonchev–Trinajstić information content (AvgIpc) is 3.47. The molecule has 37 heavy (non-hydrogen) atoms. The van der Waals surface area contributed by atoms with Crippen LogP contribution in [0.15, 0.2) is 70.9 Å². The monoisotopic (exact) mass is 505 g/mol. The number of benzene rings is 3. The highest BCUT2D eigenvalue weighted by Crippen LogP contribution is 2.29. The Kier molecular flexibility index (Phi) is 9.86. The van der Waals surface area contributed by atoms with Crippen molar-refractivity contribution in [2.45, 2.75) is 64.7 Å². The molecule has 1 fully saturated rings. The number of anilines is 3. The first kappa shape index (κ1) is 26.6. The van der Waals surface area contributed by atoms with E-state index in [9.17, 15) is 8.78 Å². The summed E-state index contributed by atoms with van der Waals surface area (Å²) >= 11 is 0. The van der Waals surface area contributed by atoms with E-state index in [-0.39, 0.29) is 11.4 Å². The van der Waals surface area contributed by atoms with Crippen molar-refractivity contribution in [3.63, 3.8) is 0 Å². The van der Waals surface area contributed by atoms with Gasteiger partial charge in [0.1, 0.15) is 5.69 Å². The number of hydrogen-bond donors (Lipinski definition) is 2. The van der Waals surface area contributed by atoms with Crippen LogP contribution in [0, 0.1) is 11.6 Å². The Hall–Kier alpha value is -3.48. The Bertz CT molecular complexity index is 1140. The molecule has 196 valence electrons. The van der Waals surface area contributed by atoms with Crippen LogP contribution in [0.2, 0.25) is 0 Å². The van der Waals surface area contributed by atoms with Gasteiger partial charge in [-0.25, -0.2) is 8.78 Å². The fraction of sp³-hybridized carbons (Fsp3) is 0.400. The number of hydrogen-bond acceptors (Lipinski definition) is 5. The number of nitrogens with zero attached hydrogens (tertiary/aromatic N) is 3. The van der Waals surface area contributed by atoms with Crippen LogP contribution in [0.1, 0.15) is 63.9 Å². The fourth-order valence-electron chi connectivity index (χ4n) is 4.53. The first-order valence-corrected chi connectivity index (χ1v) is 13.5.